The van der Waals surface area contributed by atoms with Crippen LogP contribution in [0.4, 0.5) is 0 Å². The molecule has 6 aromatic carbocycles. The van der Waals surface area contributed by atoms with Crippen molar-refractivity contribution >= 4 is 0 Å². The van der Waals surface area contributed by atoms with Gasteiger partial charge >= 0.3 is 0 Å². The summed E-state index contributed by atoms with van der Waals surface area (Å²) in [7, 11) is 0. The maximum atomic E-state index is 12.1. The second-order valence-corrected chi connectivity index (χ2v) is 13.7. The number of ether oxygens (including phenoxy) is 1. The molecule has 9 heteroatoms. The zero-order valence-electron chi connectivity index (χ0n) is 26.8. The molecule has 9 rings (SSSR count). The molecule has 0 radical (unpaired) electrons. The zero-order chi connectivity index (χ0) is 35.3. The fourth-order valence-corrected chi connectivity index (χ4v) is 9.02. The van der Waals surface area contributed by atoms with Crippen molar-refractivity contribution in [2.45, 2.75) is 35.7 Å². The fourth-order valence-electron chi connectivity index (χ4n) is 9.02. The van der Waals surface area contributed by atoms with E-state index in [0.717, 1.165) is 27.8 Å². The van der Waals surface area contributed by atoms with Crippen LogP contribution in [0.15, 0.2) is 109 Å². The third-order valence-corrected chi connectivity index (χ3v) is 10.9. The molecule has 0 saturated carbocycles. The van der Waals surface area contributed by atoms with Gasteiger partial charge in [-0.05, 0) is 94.0 Å². The monoisotopic (exact) mass is 680 g/mol. The van der Waals surface area contributed by atoms with Gasteiger partial charge in [-0.2, -0.15) is 0 Å². The van der Waals surface area contributed by atoms with Crippen molar-refractivity contribution in [3.63, 3.8) is 0 Å². The molecule has 8 N–H and O–H groups in total. The van der Waals surface area contributed by atoms with Crippen LogP contribution < -0.4 is 4.74 Å². The first-order valence-corrected chi connectivity index (χ1v) is 16.6. The third-order valence-electron chi connectivity index (χ3n) is 10.9. The van der Waals surface area contributed by atoms with Crippen molar-refractivity contribution in [1.29, 1.82) is 0 Å². The summed E-state index contributed by atoms with van der Waals surface area (Å²) in [5.41, 5.74) is 6.21. The van der Waals surface area contributed by atoms with Gasteiger partial charge in [-0.25, -0.2) is 0 Å². The summed E-state index contributed by atoms with van der Waals surface area (Å²) in [6, 6.07) is 29.2. The van der Waals surface area contributed by atoms with Crippen LogP contribution in [0, 0.1) is 0 Å². The maximum absolute atomic E-state index is 12.1. The van der Waals surface area contributed by atoms with Crippen molar-refractivity contribution < 1.29 is 45.6 Å². The van der Waals surface area contributed by atoms with E-state index in [9.17, 15) is 40.9 Å². The number of aromatic hydroxyl groups is 8. The van der Waals surface area contributed by atoms with E-state index in [-0.39, 0.29) is 57.8 Å². The highest BCUT2D eigenvalue weighted by atomic mass is 16.5. The summed E-state index contributed by atoms with van der Waals surface area (Å²) in [6.07, 6.45) is -0.742. The van der Waals surface area contributed by atoms with E-state index >= 15 is 0 Å². The minimum absolute atomic E-state index is 0.0598. The first kappa shape index (κ1) is 30.6. The minimum atomic E-state index is -0.742. The average Bonchev–Trinajstić information content (AvgIpc) is 3.75. The van der Waals surface area contributed by atoms with Gasteiger partial charge in [0.05, 0.1) is 5.92 Å². The molecule has 0 fully saturated rings. The van der Waals surface area contributed by atoms with Crippen LogP contribution in [-0.4, -0.2) is 40.9 Å². The van der Waals surface area contributed by atoms with E-state index in [1.165, 1.54) is 24.3 Å². The molecular weight excluding hydrogens is 648 g/mol. The van der Waals surface area contributed by atoms with Crippen molar-refractivity contribution in [1.82, 2.24) is 0 Å². The Morgan fingerprint density at radius 1 is 0.353 bits per heavy atom. The van der Waals surface area contributed by atoms with E-state index < -0.39 is 23.9 Å². The normalized spacial score (nSPS) is 22.5. The molecule has 1 aliphatic heterocycles. The lowest BCUT2D eigenvalue weighted by atomic mass is 9.79. The predicted octanol–water partition coefficient (Wildman–Crippen LogP) is 7.76. The largest absolute Gasteiger partial charge is 0.508 e. The van der Waals surface area contributed by atoms with Crippen LogP contribution in [-0.2, 0) is 0 Å². The van der Waals surface area contributed by atoms with Crippen LogP contribution >= 0.6 is 0 Å². The minimum Gasteiger partial charge on any atom is -0.508 e. The molecule has 1 heterocycles. The third kappa shape index (κ3) is 4.61. The summed E-state index contributed by atoms with van der Waals surface area (Å²) in [6.45, 7) is 0. The van der Waals surface area contributed by atoms with E-state index in [2.05, 4.69) is 0 Å². The average molecular weight is 681 g/mol. The van der Waals surface area contributed by atoms with Crippen LogP contribution in [0.1, 0.15) is 85.8 Å². The maximum Gasteiger partial charge on any atom is 0.135 e. The molecular formula is C42H32O9. The van der Waals surface area contributed by atoms with Crippen LogP contribution in [0.3, 0.4) is 0 Å². The molecule has 51 heavy (non-hydrogen) atoms. The first-order chi connectivity index (χ1) is 24.6. The number of phenolic OH excluding ortho intramolecular Hbond substituents is 8. The van der Waals surface area contributed by atoms with E-state index in [1.807, 2.05) is 12.1 Å². The summed E-state index contributed by atoms with van der Waals surface area (Å²) in [5, 5.41) is 86.1. The van der Waals surface area contributed by atoms with Gasteiger partial charge in [0.1, 0.15) is 57.8 Å². The van der Waals surface area contributed by atoms with Gasteiger partial charge in [0.2, 0.25) is 0 Å². The van der Waals surface area contributed by atoms with Crippen LogP contribution in [0.25, 0.3) is 0 Å². The van der Waals surface area contributed by atoms with E-state index in [1.54, 1.807) is 72.8 Å². The van der Waals surface area contributed by atoms with E-state index in [0.29, 0.717) is 28.0 Å². The van der Waals surface area contributed by atoms with Gasteiger partial charge in [-0.3, -0.25) is 0 Å². The number of benzene rings is 6. The molecule has 0 bridgehead atoms. The lowest BCUT2D eigenvalue weighted by Crippen LogP contribution is -2.12. The number of fused-ring (bicyclic) bond motifs is 7. The zero-order valence-corrected chi connectivity index (χ0v) is 26.8. The number of phenols is 8. The topological polar surface area (TPSA) is 171 Å². The highest BCUT2D eigenvalue weighted by Crippen LogP contribution is 2.71. The Labute approximate surface area is 291 Å². The van der Waals surface area contributed by atoms with Crippen molar-refractivity contribution in [2.24, 2.45) is 0 Å². The molecule has 0 unspecified atom stereocenters. The highest BCUT2D eigenvalue weighted by molar-refractivity contribution is 5.72. The second-order valence-electron chi connectivity index (χ2n) is 13.7. The van der Waals surface area contributed by atoms with Gasteiger partial charge in [-0.15, -0.1) is 0 Å². The van der Waals surface area contributed by atoms with Gasteiger partial charge in [0, 0.05) is 52.5 Å². The van der Waals surface area contributed by atoms with Gasteiger partial charge in [0.15, 0.2) is 0 Å². The SMILES string of the molecule is Oc1ccc([C@@H]2c3c(O)cc(O)cc3[C@H]3[C@H](c4ccc(O)cc4)c4c(cc(O)c5c4O[C@H](c4ccc(O)cc4)[C@H]5c4cc(O)cc(O)c4)[C@@H]23)cc1. The predicted molar refractivity (Wildman–Crippen MR) is 186 cm³/mol. The summed E-state index contributed by atoms with van der Waals surface area (Å²) in [4.78, 5) is 0. The molecule has 6 atom stereocenters. The number of rotatable bonds is 4. The fraction of sp³-hybridized carbons (Fsp3) is 0.143. The molecule has 0 saturated heterocycles. The molecule has 2 aliphatic carbocycles. The summed E-state index contributed by atoms with van der Waals surface area (Å²) in [5.74, 6) is -2.21. The number of hydrogen-bond donors (Lipinski definition) is 8. The Hall–Kier alpha value is -6.48. The second kappa shape index (κ2) is 11.0. The number of hydrogen-bond acceptors (Lipinski definition) is 9. The Bertz CT molecular complexity index is 2330. The van der Waals surface area contributed by atoms with Gasteiger partial charge in [0.25, 0.3) is 0 Å². The molecule has 0 amide bonds. The van der Waals surface area contributed by atoms with Crippen molar-refractivity contribution in [2.75, 3.05) is 0 Å². The summed E-state index contributed by atoms with van der Waals surface area (Å²) < 4.78 is 6.95. The standard InChI is InChI=1S/C42H32O9/c43-23-7-1-19(2-8-23)33-36-29(16-28(48)17-31(36)49)37-34(20-3-9-24(44)10-4-20)39-30(38(33)37)18-32(50)40-35(22-13-26(46)15-27(47)14-22)41(51-42(39)40)21-5-11-25(45)12-6-21/h1-18,33-35,37-38,41,43-50H/t33-,34+,35+,37+,38+,41-/m1/s1. The highest BCUT2D eigenvalue weighted by Gasteiger charge is 2.56. The molecule has 3 aliphatic rings. The van der Waals surface area contributed by atoms with Crippen LogP contribution in [0.5, 0.6) is 51.7 Å². The lowest BCUT2D eigenvalue weighted by Gasteiger charge is -2.24. The Kier molecular flexibility index (Phi) is 6.60. The quantitative estimate of drug-likeness (QED) is 0.0927. The molecule has 6 aromatic rings. The lowest BCUT2D eigenvalue weighted by molar-refractivity contribution is 0.220. The Balaban J connectivity index is 1.34. The Morgan fingerprint density at radius 3 is 1.35 bits per heavy atom. The van der Waals surface area contributed by atoms with Crippen molar-refractivity contribution in [3.05, 3.63) is 159 Å². The van der Waals surface area contributed by atoms with Gasteiger partial charge < -0.3 is 45.6 Å². The van der Waals surface area contributed by atoms with E-state index in [4.69, 9.17) is 4.74 Å². The van der Waals surface area contributed by atoms with Crippen LogP contribution in [0.2, 0.25) is 0 Å². The molecule has 0 spiro atoms. The van der Waals surface area contributed by atoms with Gasteiger partial charge in [-0.1, -0.05) is 36.4 Å². The smallest absolute Gasteiger partial charge is 0.135 e. The molecule has 0 aromatic heterocycles. The summed E-state index contributed by atoms with van der Waals surface area (Å²) >= 11 is 0. The molecule has 254 valence electrons. The van der Waals surface area contributed by atoms with Crippen molar-refractivity contribution in [3.8, 4) is 51.7 Å². The first-order valence-electron chi connectivity index (χ1n) is 16.6. The molecule has 9 nitrogen and oxygen atoms in total. The Morgan fingerprint density at radius 2 is 0.804 bits per heavy atom.